The van der Waals surface area contributed by atoms with E-state index in [2.05, 4.69) is 51.6 Å². The number of urea groups is 1. The van der Waals surface area contributed by atoms with Gasteiger partial charge in [-0.3, -0.25) is 9.80 Å². The highest BCUT2D eigenvalue weighted by atomic mass is 16.5. The molecule has 2 N–H and O–H groups in total. The first kappa shape index (κ1) is 20.1. The van der Waals surface area contributed by atoms with Crippen molar-refractivity contribution in [3.05, 3.63) is 35.4 Å². The highest BCUT2D eigenvalue weighted by Crippen LogP contribution is 2.18. The summed E-state index contributed by atoms with van der Waals surface area (Å²) in [5.41, 5.74) is 2.48. The minimum absolute atomic E-state index is 0.102. The molecule has 1 aromatic rings. The molecule has 0 saturated carbocycles. The minimum Gasteiger partial charge on any atom is -0.379 e. The van der Waals surface area contributed by atoms with Crippen LogP contribution in [0.3, 0.4) is 0 Å². The third kappa shape index (κ3) is 7.13. The van der Waals surface area contributed by atoms with Crippen LogP contribution in [-0.2, 0) is 17.8 Å². The molecule has 0 aromatic heterocycles. The number of ether oxygens (including phenoxy) is 1. The molecular weight excluding hydrogens is 340 g/mol. The maximum absolute atomic E-state index is 11.9. The fourth-order valence-electron chi connectivity index (χ4n) is 3.85. The van der Waals surface area contributed by atoms with Gasteiger partial charge >= 0.3 is 6.03 Å². The zero-order valence-corrected chi connectivity index (χ0v) is 16.6. The van der Waals surface area contributed by atoms with Gasteiger partial charge in [-0.1, -0.05) is 31.2 Å². The van der Waals surface area contributed by atoms with Gasteiger partial charge < -0.3 is 15.4 Å². The zero-order chi connectivity index (χ0) is 18.9. The lowest BCUT2D eigenvalue weighted by Crippen LogP contribution is -2.43. The quantitative estimate of drug-likeness (QED) is 0.767. The molecule has 0 spiro atoms. The maximum Gasteiger partial charge on any atom is 0.315 e. The van der Waals surface area contributed by atoms with Crippen LogP contribution in [0, 0.1) is 5.92 Å². The molecule has 2 aliphatic rings. The van der Waals surface area contributed by atoms with Crippen LogP contribution in [0.25, 0.3) is 0 Å². The highest BCUT2D eigenvalue weighted by Gasteiger charge is 2.16. The van der Waals surface area contributed by atoms with Gasteiger partial charge in [-0.2, -0.15) is 0 Å². The molecule has 6 heteroatoms. The number of hydrogen-bond acceptors (Lipinski definition) is 4. The van der Waals surface area contributed by atoms with E-state index in [9.17, 15) is 4.79 Å². The lowest BCUT2D eigenvalue weighted by molar-refractivity contribution is 0.0387. The number of nitrogens with zero attached hydrogens (tertiary/aromatic N) is 2. The molecule has 2 amide bonds. The van der Waals surface area contributed by atoms with Crippen molar-refractivity contribution in [3.63, 3.8) is 0 Å². The summed E-state index contributed by atoms with van der Waals surface area (Å²) in [5.74, 6) is 0.809. The number of piperidine rings is 1. The molecule has 2 saturated heterocycles. The van der Waals surface area contributed by atoms with E-state index in [4.69, 9.17) is 4.74 Å². The fraction of sp³-hybridized carbons (Fsp3) is 0.667. The van der Waals surface area contributed by atoms with Crippen LogP contribution in [0.5, 0.6) is 0 Å². The summed E-state index contributed by atoms with van der Waals surface area (Å²) >= 11 is 0. The second kappa shape index (κ2) is 10.6. The summed E-state index contributed by atoms with van der Waals surface area (Å²) in [7, 11) is 0. The molecule has 0 radical (unpaired) electrons. The van der Waals surface area contributed by atoms with E-state index in [1.807, 2.05) is 0 Å². The third-order valence-electron chi connectivity index (χ3n) is 5.44. The second-order valence-electron chi connectivity index (χ2n) is 7.86. The number of carbonyl (C=O) groups is 1. The van der Waals surface area contributed by atoms with Crippen LogP contribution in [0.4, 0.5) is 4.79 Å². The molecule has 1 aromatic carbocycles. The van der Waals surface area contributed by atoms with Crippen LogP contribution in [0.15, 0.2) is 24.3 Å². The second-order valence-corrected chi connectivity index (χ2v) is 7.86. The summed E-state index contributed by atoms with van der Waals surface area (Å²) in [6, 6.07) is 8.52. The van der Waals surface area contributed by atoms with Crippen molar-refractivity contribution in [1.29, 1.82) is 0 Å². The SMILES string of the molecule is C[C@H]1CCCN(Cc2ccc(CNC(=O)NCCN3CCOCC3)cc2)C1. The average molecular weight is 375 g/mol. The summed E-state index contributed by atoms with van der Waals surface area (Å²) in [5, 5.41) is 5.87. The van der Waals surface area contributed by atoms with Gasteiger partial charge in [-0.25, -0.2) is 4.79 Å². The van der Waals surface area contributed by atoms with Gasteiger partial charge in [-0.15, -0.1) is 0 Å². The first-order valence-corrected chi connectivity index (χ1v) is 10.3. The molecule has 2 fully saturated rings. The van der Waals surface area contributed by atoms with Crippen LogP contribution < -0.4 is 10.6 Å². The van der Waals surface area contributed by atoms with Gasteiger partial charge in [0, 0.05) is 45.8 Å². The summed E-state index contributed by atoms with van der Waals surface area (Å²) in [6.07, 6.45) is 2.67. The number of likely N-dealkylation sites (tertiary alicyclic amines) is 1. The molecule has 3 rings (SSSR count). The Morgan fingerprint density at radius 3 is 2.56 bits per heavy atom. The van der Waals surface area contributed by atoms with Crippen molar-refractivity contribution in [3.8, 4) is 0 Å². The Morgan fingerprint density at radius 1 is 1.07 bits per heavy atom. The predicted octanol–water partition coefficient (Wildman–Crippen LogP) is 2.05. The van der Waals surface area contributed by atoms with Crippen molar-refractivity contribution in [1.82, 2.24) is 20.4 Å². The number of morpholine rings is 1. The lowest BCUT2D eigenvalue weighted by atomic mass is 9.99. The largest absolute Gasteiger partial charge is 0.379 e. The number of hydrogen-bond donors (Lipinski definition) is 2. The first-order chi connectivity index (χ1) is 13.2. The van der Waals surface area contributed by atoms with E-state index < -0.39 is 0 Å². The smallest absolute Gasteiger partial charge is 0.315 e. The van der Waals surface area contributed by atoms with Crippen LogP contribution in [-0.4, -0.2) is 68.3 Å². The van der Waals surface area contributed by atoms with Gasteiger partial charge in [0.05, 0.1) is 13.2 Å². The first-order valence-electron chi connectivity index (χ1n) is 10.3. The maximum atomic E-state index is 11.9. The molecule has 6 nitrogen and oxygen atoms in total. The molecule has 0 unspecified atom stereocenters. The standard InChI is InChI=1S/C21H34N4O2/c1-18-3-2-9-25(16-18)17-20-6-4-19(5-7-20)15-23-21(26)22-8-10-24-11-13-27-14-12-24/h4-7,18H,2-3,8-17H2,1H3,(H2,22,23,26)/t18-/m0/s1. The lowest BCUT2D eigenvalue weighted by Gasteiger charge is -2.30. The van der Waals surface area contributed by atoms with Crippen molar-refractivity contribution in [2.45, 2.75) is 32.9 Å². The van der Waals surface area contributed by atoms with Crippen LogP contribution in [0.2, 0.25) is 0 Å². The molecule has 0 bridgehead atoms. The average Bonchev–Trinajstić information content (AvgIpc) is 2.68. The fourth-order valence-corrected chi connectivity index (χ4v) is 3.85. The molecule has 2 aliphatic heterocycles. The Bertz CT molecular complexity index is 572. The third-order valence-corrected chi connectivity index (χ3v) is 5.44. The number of rotatable bonds is 7. The molecular formula is C21H34N4O2. The van der Waals surface area contributed by atoms with Gasteiger partial charge in [0.15, 0.2) is 0 Å². The van der Waals surface area contributed by atoms with Crippen molar-refractivity contribution < 1.29 is 9.53 Å². The Balaban J connectivity index is 1.32. The molecule has 2 heterocycles. The van der Waals surface area contributed by atoms with E-state index in [0.717, 1.165) is 50.9 Å². The molecule has 0 aliphatic carbocycles. The van der Waals surface area contributed by atoms with Gasteiger partial charge in [0.1, 0.15) is 0 Å². The molecule has 150 valence electrons. The van der Waals surface area contributed by atoms with Crippen molar-refractivity contribution in [2.24, 2.45) is 5.92 Å². The van der Waals surface area contributed by atoms with Crippen molar-refractivity contribution >= 4 is 6.03 Å². The van der Waals surface area contributed by atoms with E-state index >= 15 is 0 Å². The summed E-state index contributed by atoms with van der Waals surface area (Å²) < 4.78 is 5.33. The predicted molar refractivity (Wildman–Crippen MR) is 108 cm³/mol. The van der Waals surface area contributed by atoms with Gasteiger partial charge in [0.2, 0.25) is 0 Å². The van der Waals surface area contributed by atoms with E-state index in [1.165, 1.54) is 31.5 Å². The number of benzene rings is 1. The van der Waals surface area contributed by atoms with Gasteiger partial charge in [0.25, 0.3) is 0 Å². The summed E-state index contributed by atoms with van der Waals surface area (Å²) in [6.45, 7) is 11.4. The van der Waals surface area contributed by atoms with Gasteiger partial charge in [-0.05, 0) is 36.4 Å². The Morgan fingerprint density at radius 2 is 1.81 bits per heavy atom. The van der Waals surface area contributed by atoms with Crippen LogP contribution >= 0.6 is 0 Å². The monoisotopic (exact) mass is 374 g/mol. The Kier molecular flexibility index (Phi) is 7.93. The number of amides is 2. The summed E-state index contributed by atoms with van der Waals surface area (Å²) in [4.78, 5) is 16.8. The number of nitrogens with one attached hydrogen (secondary N) is 2. The van der Waals surface area contributed by atoms with E-state index in [-0.39, 0.29) is 6.03 Å². The zero-order valence-electron chi connectivity index (χ0n) is 16.6. The van der Waals surface area contributed by atoms with E-state index in [1.54, 1.807) is 0 Å². The van der Waals surface area contributed by atoms with Crippen LogP contribution in [0.1, 0.15) is 30.9 Å². The van der Waals surface area contributed by atoms with Crippen molar-refractivity contribution in [2.75, 3.05) is 52.5 Å². The Labute approximate surface area is 163 Å². The van der Waals surface area contributed by atoms with E-state index in [0.29, 0.717) is 13.1 Å². The minimum atomic E-state index is -0.102. The number of carbonyl (C=O) groups excluding carboxylic acids is 1. The molecule has 1 atom stereocenters. The normalized spacial score (nSPS) is 21.7. The topological polar surface area (TPSA) is 56.8 Å². The highest BCUT2D eigenvalue weighted by molar-refractivity contribution is 5.73. The Hall–Kier alpha value is -1.63. The molecule has 27 heavy (non-hydrogen) atoms.